The van der Waals surface area contributed by atoms with Gasteiger partial charge in [0.1, 0.15) is 17.3 Å². The zero-order chi connectivity index (χ0) is 13.4. The van der Waals surface area contributed by atoms with Crippen LogP contribution >= 0.6 is 31.9 Å². The predicted molar refractivity (Wildman–Crippen MR) is 77.4 cm³/mol. The van der Waals surface area contributed by atoms with Crippen LogP contribution in [0.4, 0.5) is 0 Å². The molecule has 6 heteroatoms. The number of aliphatic imine (C=N–C) groups is 1. The van der Waals surface area contributed by atoms with Gasteiger partial charge in [0.2, 0.25) is 0 Å². The van der Waals surface area contributed by atoms with Crippen LogP contribution in [-0.2, 0) is 4.79 Å². The predicted octanol–water partition coefficient (Wildman–Crippen LogP) is 3.15. The summed E-state index contributed by atoms with van der Waals surface area (Å²) in [5, 5.41) is 9.61. The van der Waals surface area contributed by atoms with Gasteiger partial charge in [0.05, 0.1) is 8.95 Å². The van der Waals surface area contributed by atoms with Crippen LogP contribution in [0.15, 0.2) is 31.8 Å². The number of carbonyl (C=O) groups is 1. The Hall–Kier alpha value is -1.14. The lowest BCUT2D eigenvalue weighted by Gasteiger charge is -2.06. The number of likely N-dealkylation sites (N-methyl/N-ethyl adjacent to an activating group) is 1. The first kappa shape index (κ1) is 13.3. The summed E-state index contributed by atoms with van der Waals surface area (Å²) in [5.41, 5.74) is 1.17. The summed E-state index contributed by atoms with van der Waals surface area (Å²) in [4.78, 5) is 17.5. The molecule has 0 spiro atoms. The van der Waals surface area contributed by atoms with Crippen molar-refractivity contribution in [3.8, 4) is 5.75 Å². The number of hydrogen-bond acceptors (Lipinski definition) is 3. The highest BCUT2D eigenvalue weighted by molar-refractivity contribution is 9.11. The molecule has 4 nitrogen and oxygen atoms in total. The number of aromatic hydroxyl groups is 1. The van der Waals surface area contributed by atoms with E-state index in [1.807, 2.05) is 0 Å². The van der Waals surface area contributed by atoms with E-state index in [4.69, 9.17) is 0 Å². The van der Waals surface area contributed by atoms with Crippen LogP contribution in [0.5, 0.6) is 5.75 Å². The Morgan fingerprint density at radius 2 is 1.89 bits per heavy atom. The molecule has 1 heterocycles. The second-order valence-corrected chi connectivity index (χ2v) is 5.59. The maximum atomic E-state index is 11.8. The molecule has 18 heavy (non-hydrogen) atoms. The first-order valence-corrected chi connectivity index (χ1v) is 6.72. The van der Waals surface area contributed by atoms with Gasteiger partial charge in [-0.15, -0.1) is 0 Å². The van der Waals surface area contributed by atoms with Crippen molar-refractivity contribution in [3.63, 3.8) is 0 Å². The monoisotopic (exact) mass is 372 g/mol. The van der Waals surface area contributed by atoms with Crippen LogP contribution in [0.2, 0.25) is 0 Å². The number of hydrogen-bond donors (Lipinski definition) is 1. The van der Waals surface area contributed by atoms with Crippen molar-refractivity contribution >= 4 is 49.7 Å². The van der Waals surface area contributed by atoms with Gasteiger partial charge in [0.25, 0.3) is 5.91 Å². The van der Waals surface area contributed by atoms with E-state index >= 15 is 0 Å². The summed E-state index contributed by atoms with van der Waals surface area (Å²) in [6, 6.07) is 3.45. The standard InChI is InChI=1S/C12H10Br2N2O2/c1-6-15-10(12(18)16(6)2)5-7-3-8(13)11(17)9(14)4-7/h3-5,17H,1-2H3/b10-5-. The lowest BCUT2D eigenvalue weighted by molar-refractivity contribution is -0.121. The Morgan fingerprint density at radius 3 is 2.33 bits per heavy atom. The molecule has 0 aromatic heterocycles. The average molecular weight is 374 g/mol. The van der Waals surface area contributed by atoms with E-state index in [1.54, 1.807) is 32.2 Å². The van der Waals surface area contributed by atoms with Crippen LogP contribution in [0, 0.1) is 0 Å². The summed E-state index contributed by atoms with van der Waals surface area (Å²) in [6.07, 6.45) is 1.68. The van der Waals surface area contributed by atoms with Crippen LogP contribution in [0.25, 0.3) is 6.08 Å². The van der Waals surface area contributed by atoms with Crippen molar-refractivity contribution in [1.29, 1.82) is 0 Å². The molecule has 1 aromatic carbocycles. The van der Waals surface area contributed by atoms with E-state index in [-0.39, 0.29) is 11.7 Å². The lowest BCUT2D eigenvalue weighted by atomic mass is 10.2. The molecule has 94 valence electrons. The zero-order valence-corrected chi connectivity index (χ0v) is 12.9. The number of benzene rings is 1. The van der Waals surface area contributed by atoms with Crippen LogP contribution in [-0.4, -0.2) is 28.8 Å². The quantitative estimate of drug-likeness (QED) is 0.769. The Morgan fingerprint density at radius 1 is 1.33 bits per heavy atom. The number of halogens is 2. The van der Waals surface area contributed by atoms with E-state index in [9.17, 15) is 9.90 Å². The molecule has 1 N–H and O–H groups in total. The number of phenolic OH excluding ortho intramolecular Hbond substituents is 1. The lowest BCUT2D eigenvalue weighted by Crippen LogP contribution is -2.25. The van der Waals surface area contributed by atoms with E-state index in [0.717, 1.165) is 5.56 Å². The Balaban J connectivity index is 2.44. The third-order valence-corrected chi connectivity index (χ3v) is 3.84. The topological polar surface area (TPSA) is 52.9 Å². The van der Waals surface area contributed by atoms with Crippen LogP contribution in [0.3, 0.4) is 0 Å². The van der Waals surface area contributed by atoms with Gasteiger partial charge in [-0.3, -0.25) is 9.69 Å². The van der Waals surface area contributed by atoms with E-state index in [2.05, 4.69) is 36.9 Å². The zero-order valence-electron chi connectivity index (χ0n) is 9.74. The Labute approximate surface area is 121 Å². The molecular weight excluding hydrogens is 364 g/mol. The van der Waals surface area contributed by atoms with E-state index in [0.29, 0.717) is 20.5 Å². The minimum absolute atomic E-state index is 0.131. The third kappa shape index (κ3) is 2.35. The van der Waals surface area contributed by atoms with Gasteiger partial charge in [-0.2, -0.15) is 0 Å². The minimum Gasteiger partial charge on any atom is -0.506 e. The summed E-state index contributed by atoms with van der Waals surface area (Å²) in [6.45, 7) is 1.78. The maximum Gasteiger partial charge on any atom is 0.277 e. The molecule has 0 aliphatic carbocycles. The summed E-state index contributed by atoms with van der Waals surface area (Å²) in [7, 11) is 1.69. The molecule has 1 aliphatic heterocycles. The second-order valence-electron chi connectivity index (χ2n) is 3.89. The molecule has 0 fully saturated rings. The number of nitrogens with zero attached hydrogens (tertiary/aromatic N) is 2. The van der Waals surface area contributed by atoms with Crippen molar-refractivity contribution in [2.45, 2.75) is 6.92 Å². The molecule has 1 aliphatic rings. The summed E-state index contributed by atoms with van der Waals surface area (Å²) >= 11 is 6.49. The third-order valence-electron chi connectivity index (χ3n) is 2.63. The molecule has 0 bridgehead atoms. The molecule has 0 unspecified atom stereocenters. The Bertz CT molecular complexity index is 571. The minimum atomic E-state index is -0.132. The fourth-order valence-corrected chi connectivity index (χ4v) is 2.76. The second kappa shape index (κ2) is 4.85. The fraction of sp³-hybridized carbons (Fsp3) is 0.167. The van der Waals surface area contributed by atoms with Gasteiger partial charge in [0.15, 0.2) is 0 Å². The van der Waals surface area contributed by atoms with Gasteiger partial charge in [-0.05, 0) is 62.6 Å². The summed E-state index contributed by atoms with van der Waals surface area (Å²) < 4.78 is 1.12. The molecular formula is C12H10Br2N2O2. The normalized spacial score (nSPS) is 17.6. The van der Waals surface area contributed by atoms with Gasteiger partial charge >= 0.3 is 0 Å². The van der Waals surface area contributed by atoms with Gasteiger partial charge in [-0.25, -0.2) is 4.99 Å². The van der Waals surface area contributed by atoms with Crippen LogP contribution < -0.4 is 0 Å². The largest absolute Gasteiger partial charge is 0.506 e. The summed E-state index contributed by atoms with van der Waals surface area (Å²) in [5.74, 6) is 0.669. The van der Waals surface area contributed by atoms with Gasteiger partial charge < -0.3 is 5.11 Å². The first-order chi connectivity index (χ1) is 8.40. The van der Waals surface area contributed by atoms with Crippen molar-refractivity contribution < 1.29 is 9.90 Å². The number of rotatable bonds is 1. The van der Waals surface area contributed by atoms with Crippen molar-refractivity contribution in [2.24, 2.45) is 4.99 Å². The highest BCUT2D eigenvalue weighted by atomic mass is 79.9. The average Bonchev–Trinajstić information content (AvgIpc) is 2.54. The van der Waals surface area contributed by atoms with Crippen molar-refractivity contribution in [2.75, 3.05) is 7.05 Å². The van der Waals surface area contributed by atoms with E-state index in [1.165, 1.54) is 4.90 Å². The molecule has 0 atom stereocenters. The molecule has 0 saturated carbocycles. The van der Waals surface area contributed by atoms with Crippen molar-refractivity contribution in [3.05, 3.63) is 32.3 Å². The number of phenols is 1. The molecule has 2 rings (SSSR count). The van der Waals surface area contributed by atoms with E-state index < -0.39 is 0 Å². The maximum absolute atomic E-state index is 11.8. The molecule has 0 saturated heterocycles. The number of amidine groups is 1. The highest BCUT2D eigenvalue weighted by Crippen LogP contribution is 2.34. The van der Waals surface area contributed by atoms with Gasteiger partial charge in [-0.1, -0.05) is 0 Å². The number of carbonyl (C=O) groups excluding carboxylic acids is 1. The molecule has 0 radical (unpaired) electrons. The smallest absolute Gasteiger partial charge is 0.277 e. The highest BCUT2D eigenvalue weighted by Gasteiger charge is 2.23. The molecule has 1 aromatic rings. The fourth-order valence-electron chi connectivity index (χ4n) is 1.54. The van der Waals surface area contributed by atoms with Crippen molar-refractivity contribution in [1.82, 2.24) is 4.90 Å². The Kier molecular flexibility index (Phi) is 3.59. The SMILES string of the molecule is CC1=N/C(=C\c2cc(Br)c(O)c(Br)c2)C(=O)N1C. The number of amides is 1. The van der Waals surface area contributed by atoms with Gasteiger partial charge in [0, 0.05) is 7.05 Å². The first-order valence-electron chi connectivity index (χ1n) is 5.13. The molecule has 1 amide bonds. The van der Waals surface area contributed by atoms with Crippen LogP contribution in [0.1, 0.15) is 12.5 Å².